The molecule has 4 nitrogen and oxygen atoms in total. The number of amides is 1. The van der Waals surface area contributed by atoms with Gasteiger partial charge in [0.1, 0.15) is 5.60 Å². The van der Waals surface area contributed by atoms with Crippen LogP contribution in [0, 0.1) is 5.92 Å². The summed E-state index contributed by atoms with van der Waals surface area (Å²) in [7, 11) is 0. The number of fused-ring (bicyclic) bond motifs is 1. The molecule has 3 rings (SSSR count). The quantitative estimate of drug-likeness (QED) is 0.898. The maximum Gasteiger partial charge on any atom is 0.410 e. The molecular weight excluding hydrogens is 308 g/mol. The zero-order chi connectivity index (χ0) is 16.6. The normalized spacial score (nSPS) is 20.0. The van der Waals surface area contributed by atoms with Gasteiger partial charge in [0.15, 0.2) is 0 Å². The number of rotatable bonds is 2. The molecule has 2 heterocycles. The summed E-state index contributed by atoms with van der Waals surface area (Å²) < 4.78 is 6.72. The number of hydrogen-bond acceptors (Lipinski definition) is 4. The first-order valence-corrected chi connectivity index (χ1v) is 8.93. The van der Waals surface area contributed by atoms with Gasteiger partial charge in [0.05, 0.1) is 0 Å². The number of nitrogens with zero attached hydrogens (tertiary/aromatic N) is 1. The van der Waals surface area contributed by atoms with Crippen LogP contribution < -0.4 is 5.73 Å². The van der Waals surface area contributed by atoms with Crippen LogP contribution in [0.4, 0.5) is 4.79 Å². The summed E-state index contributed by atoms with van der Waals surface area (Å²) in [5.74, 6) is 0.273. The minimum absolute atomic E-state index is 0.0511. The Hall–Kier alpha value is -1.59. The van der Waals surface area contributed by atoms with E-state index in [0.717, 1.165) is 6.42 Å². The standard InChI is InChI=1S/C18H24N2O2S/c1-18(2,3)22-17(21)20-9-7-13(11-20)15(19)14-6-4-5-12-8-10-23-16(12)14/h4-6,8,10,13,15H,7,9,11,19H2,1-3H3. The number of carbonyl (C=O) groups is 1. The first-order valence-electron chi connectivity index (χ1n) is 8.05. The molecule has 5 heteroatoms. The van der Waals surface area contributed by atoms with Crippen LogP contribution in [0.2, 0.25) is 0 Å². The van der Waals surface area contributed by atoms with E-state index < -0.39 is 5.60 Å². The lowest BCUT2D eigenvalue weighted by Gasteiger charge is -2.25. The molecule has 1 aliphatic rings. The molecular formula is C18H24N2O2S. The lowest BCUT2D eigenvalue weighted by Crippen LogP contribution is -2.36. The number of carbonyl (C=O) groups excluding carboxylic acids is 1. The average molecular weight is 332 g/mol. The van der Waals surface area contributed by atoms with Gasteiger partial charge < -0.3 is 15.4 Å². The Kier molecular flexibility index (Phi) is 4.34. The van der Waals surface area contributed by atoms with Gasteiger partial charge in [-0.25, -0.2) is 4.79 Å². The van der Waals surface area contributed by atoms with Gasteiger partial charge in [0.25, 0.3) is 0 Å². The zero-order valence-electron chi connectivity index (χ0n) is 13.9. The van der Waals surface area contributed by atoms with E-state index >= 15 is 0 Å². The minimum Gasteiger partial charge on any atom is -0.444 e. The zero-order valence-corrected chi connectivity index (χ0v) is 14.7. The van der Waals surface area contributed by atoms with E-state index in [0.29, 0.717) is 13.1 Å². The number of ether oxygens (including phenoxy) is 1. The van der Waals surface area contributed by atoms with E-state index in [4.69, 9.17) is 10.5 Å². The SMILES string of the molecule is CC(C)(C)OC(=O)N1CCC(C(N)c2cccc3ccsc23)C1. The smallest absolute Gasteiger partial charge is 0.410 e. The van der Waals surface area contributed by atoms with Crippen LogP contribution in [0.1, 0.15) is 38.8 Å². The molecule has 1 aromatic heterocycles. The predicted octanol–water partition coefficient (Wildman–Crippen LogP) is 4.16. The van der Waals surface area contributed by atoms with E-state index in [1.807, 2.05) is 20.8 Å². The third kappa shape index (κ3) is 3.51. The molecule has 1 amide bonds. The van der Waals surface area contributed by atoms with E-state index in [1.54, 1.807) is 16.2 Å². The van der Waals surface area contributed by atoms with Crippen molar-refractivity contribution < 1.29 is 9.53 Å². The van der Waals surface area contributed by atoms with Crippen molar-refractivity contribution in [2.24, 2.45) is 11.7 Å². The Labute approximate surface area is 141 Å². The van der Waals surface area contributed by atoms with Gasteiger partial charge in [-0.2, -0.15) is 0 Å². The van der Waals surface area contributed by atoms with Gasteiger partial charge >= 0.3 is 6.09 Å². The molecule has 0 radical (unpaired) electrons. The second kappa shape index (κ2) is 6.13. The Balaban J connectivity index is 1.71. The summed E-state index contributed by atoms with van der Waals surface area (Å²) in [6.07, 6.45) is 0.684. The van der Waals surface area contributed by atoms with Crippen LogP contribution in [-0.2, 0) is 4.74 Å². The molecule has 0 bridgehead atoms. The van der Waals surface area contributed by atoms with Crippen molar-refractivity contribution in [2.45, 2.75) is 38.8 Å². The van der Waals surface area contributed by atoms with Crippen molar-refractivity contribution in [3.63, 3.8) is 0 Å². The van der Waals surface area contributed by atoms with Crippen LogP contribution in [0.5, 0.6) is 0 Å². The summed E-state index contributed by atoms with van der Waals surface area (Å²) in [5, 5.41) is 3.34. The second-order valence-corrected chi connectivity index (χ2v) is 8.10. The Morgan fingerprint density at radius 2 is 2.17 bits per heavy atom. The minimum atomic E-state index is -0.458. The summed E-state index contributed by atoms with van der Waals surface area (Å²) in [6, 6.07) is 8.36. The second-order valence-electron chi connectivity index (χ2n) is 7.19. The fourth-order valence-corrected chi connectivity index (χ4v) is 4.07. The molecule has 1 aromatic carbocycles. The lowest BCUT2D eigenvalue weighted by molar-refractivity contribution is 0.0286. The Morgan fingerprint density at radius 1 is 1.39 bits per heavy atom. The molecule has 124 valence electrons. The predicted molar refractivity (Wildman–Crippen MR) is 94.7 cm³/mol. The fourth-order valence-electron chi connectivity index (χ4n) is 3.11. The third-order valence-corrected chi connectivity index (χ3v) is 5.23. The van der Waals surface area contributed by atoms with Crippen molar-refractivity contribution >= 4 is 27.5 Å². The number of benzene rings is 1. The largest absolute Gasteiger partial charge is 0.444 e. The van der Waals surface area contributed by atoms with E-state index in [1.165, 1.54) is 15.6 Å². The number of likely N-dealkylation sites (tertiary alicyclic amines) is 1. The van der Waals surface area contributed by atoms with Gasteiger partial charge in [0, 0.05) is 23.8 Å². The Bertz CT molecular complexity index is 704. The van der Waals surface area contributed by atoms with Gasteiger partial charge in [-0.1, -0.05) is 18.2 Å². The van der Waals surface area contributed by atoms with Crippen LogP contribution in [0.3, 0.4) is 0 Å². The van der Waals surface area contributed by atoms with Crippen LogP contribution >= 0.6 is 11.3 Å². The molecule has 0 spiro atoms. The highest BCUT2D eigenvalue weighted by molar-refractivity contribution is 7.17. The highest BCUT2D eigenvalue weighted by Crippen LogP contribution is 2.35. The lowest BCUT2D eigenvalue weighted by atomic mass is 9.92. The summed E-state index contributed by atoms with van der Waals surface area (Å²) in [4.78, 5) is 14.0. The van der Waals surface area contributed by atoms with E-state index in [-0.39, 0.29) is 18.1 Å². The number of nitrogens with two attached hydrogens (primary N) is 1. The monoisotopic (exact) mass is 332 g/mol. The van der Waals surface area contributed by atoms with Gasteiger partial charge in [-0.3, -0.25) is 0 Å². The molecule has 2 atom stereocenters. The number of thiophene rings is 1. The van der Waals surface area contributed by atoms with Crippen molar-refractivity contribution in [3.05, 3.63) is 35.2 Å². The molecule has 0 saturated carbocycles. The highest BCUT2D eigenvalue weighted by atomic mass is 32.1. The molecule has 23 heavy (non-hydrogen) atoms. The van der Waals surface area contributed by atoms with Crippen LogP contribution in [0.25, 0.3) is 10.1 Å². The van der Waals surface area contributed by atoms with Crippen molar-refractivity contribution in [3.8, 4) is 0 Å². The molecule has 2 N–H and O–H groups in total. The maximum atomic E-state index is 12.2. The van der Waals surface area contributed by atoms with E-state index in [2.05, 4.69) is 29.6 Å². The van der Waals surface area contributed by atoms with Gasteiger partial charge in [-0.05, 0) is 55.5 Å². The molecule has 2 aromatic rings. The van der Waals surface area contributed by atoms with Crippen molar-refractivity contribution in [2.75, 3.05) is 13.1 Å². The highest BCUT2D eigenvalue weighted by Gasteiger charge is 2.33. The first kappa shape index (κ1) is 16.3. The maximum absolute atomic E-state index is 12.2. The van der Waals surface area contributed by atoms with Crippen molar-refractivity contribution in [1.82, 2.24) is 4.90 Å². The molecule has 1 saturated heterocycles. The Morgan fingerprint density at radius 3 is 2.91 bits per heavy atom. The topological polar surface area (TPSA) is 55.6 Å². The van der Waals surface area contributed by atoms with Gasteiger partial charge in [-0.15, -0.1) is 11.3 Å². The fraction of sp³-hybridized carbons (Fsp3) is 0.500. The summed E-state index contributed by atoms with van der Waals surface area (Å²) in [5.41, 5.74) is 7.27. The van der Waals surface area contributed by atoms with E-state index in [9.17, 15) is 4.79 Å². The summed E-state index contributed by atoms with van der Waals surface area (Å²) in [6.45, 7) is 7.05. The molecule has 2 unspecified atom stereocenters. The van der Waals surface area contributed by atoms with Crippen LogP contribution in [-0.4, -0.2) is 29.7 Å². The molecule has 1 fully saturated rings. The average Bonchev–Trinajstić information content (AvgIpc) is 3.13. The van der Waals surface area contributed by atoms with Crippen molar-refractivity contribution in [1.29, 1.82) is 0 Å². The summed E-state index contributed by atoms with van der Waals surface area (Å²) >= 11 is 1.73. The first-order chi connectivity index (χ1) is 10.8. The third-order valence-electron chi connectivity index (χ3n) is 4.25. The van der Waals surface area contributed by atoms with Gasteiger partial charge in [0.2, 0.25) is 0 Å². The molecule has 0 aliphatic carbocycles. The number of hydrogen-bond donors (Lipinski definition) is 1. The van der Waals surface area contributed by atoms with Crippen LogP contribution in [0.15, 0.2) is 29.6 Å². The molecule has 1 aliphatic heterocycles.